The number of fused-ring (bicyclic) bond motifs is 1. The molecular formula is C42H26N2. The highest BCUT2D eigenvalue weighted by atomic mass is 15.1. The van der Waals surface area contributed by atoms with Gasteiger partial charge in [0.2, 0.25) is 0 Å². The normalized spacial score (nSPS) is 12.1. The number of anilines is 3. The molecule has 0 radical (unpaired) electrons. The maximum absolute atomic E-state index is 2.48. The zero-order valence-corrected chi connectivity index (χ0v) is 23.9. The van der Waals surface area contributed by atoms with Crippen molar-refractivity contribution in [1.29, 1.82) is 0 Å². The van der Waals surface area contributed by atoms with Crippen molar-refractivity contribution in [3.8, 4) is 16.8 Å². The molecule has 0 fully saturated rings. The van der Waals surface area contributed by atoms with Gasteiger partial charge in [0.05, 0.1) is 16.7 Å². The van der Waals surface area contributed by atoms with Crippen LogP contribution in [0.1, 0.15) is 0 Å². The molecule has 2 nitrogen and oxygen atoms in total. The van der Waals surface area contributed by atoms with Crippen LogP contribution < -0.4 is 4.90 Å². The Kier molecular flexibility index (Phi) is 4.75. The van der Waals surface area contributed by atoms with Crippen molar-refractivity contribution in [2.24, 2.45) is 0 Å². The average Bonchev–Trinajstić information content (AvgIpc) is 3.36. The molecule has 0 aliphatic heterocycles. The first-order valence-corrected chi connectivity index (χ1v) is 15.2. The van der Waals surface area contributed by atoms with Gasteiger partial charge in [0.15, 0.2) is 0 Å². The van der Waals surface area contributed by atoms with Gasteiger partial charge < -0.3 is 9.47 Å². The maximum atomic E-state index is 2.48. The van der Waals surface area contributed by atoms with Gasteiger partial charge in [-0.3, -0.25) is 0 Å². The van der Waals surface area contributed by atoms with Gasteiger partial charge in [0.1, 0.15) is 0 Å². The number of aromatic nitrogens is 1. The van der Waals surface area contributed by atoms with Crippen LogP contribution in [0, 0.1) is 0 Å². The standard InChI is InChI=1S/C42H26N2/c1-4-13-29(14-5-1)43(30-15-6-2-7-16-30)36-26-37-42-40-33(20-11-21-34(36)40)32-19-10-12-27-22-23-28-24-25-35(41(42)39(28)38(27)32)44(37)31-17-8-3-9-18-31/h1-26H. The molecule has 1 aromatic heterocycles. The highest BCUT2D eigenvalue weighted by Crippen LogP contribution is 2.52. The average molecular weight is 559 g/mol. The van der Waals surface area contributed by atoms with Crippen molar-refractivity contribution in [1.82, 2.24) is 4.57 Å². The summed E-state index contributed by atoms with van der Waals surface area (Å²) in [5.74, 6) is 0. The summed E-state index contributed by atoms with van der Waals surface area (Å²) in [6, 6.07) is 57.6. The number of nitrogens with zero attached hydrogens (tertiary/aromatic N) is 2. The van der Waals surface area contributed by atoms with E-state index in [1.54, 1.807) is 0 Å². The van der Waals surface area contributed by atoms with E-state index in [1.165, 1.54) is 76.6 Å². The number of hydrogen-bond acceptors (Lipinski definition) is 1. The van der Waals surface area contributed by atoms with Crippen LogP contribution in [0.3, 0.4) is 0 Å². The summed E-state index contributed by atoms with van der Waals surface area (Å²) in [5, 5.41) is 10.5. The van der Waals surface area contributed by atoms with E-state index in [2.05, 4.69) is 167 Å². The fourth-order valence-corrected chi connectivity index (χ4v) is 7.70. The third kappa shape index (κ3) is 3.09. The van der Waals surface area contributed by atoms with Crippen LogP contribution in [0.5, 0.6) is 0 Å². The lowest BCUT2D eigenvalue weighted by molar-refractivity contribution is 1.18. The molecule has 8 aromatic carbocycles. The molecule has 1 aliphatic carbocycles. The van der Waals surface area contributed by atoms with E-state index in [0.29, 0.717) is 0 Å². The molecule has 10 rings (SSSR count). The molecule has 44 heavy (non-hydrogen) atoms. The summed E-state index contributed by atoms with van der Waals surface area (Å²) in [7, 11) is 0. The van der Waals surface area contributed by atoms with Crippen LogP contribution >= 0.6 is 0 Å². The molecule has 204 valence electrons. The first-order valence-electron chi connectivity index (χ1n) is 15.2. The Morgan fingerprint density at radius 1 is 0.386 bits per heavy atom. The number of benzene rings is 8. The smallest absolute Gasteiger partial charge is 0.0568 e. The molecule has 0 amide bonds. The Morgan fingerprint density at radius 2 is 0.955 bits per heavy atom. The van der Waals surface area contributed by atoms with E-state index in [9.17, 15) is 0 Å². The van der Waals surface area contributed by atoms with Crippen LogP contribution in [-0.2, 0) is 0 Å². The molecule has 0 spiro atoms. The zero-order chi connectivity index (χ0) is 28.8. The van der Waals surface area contributed by atoms with Gasteiger partial charge in [-0.05, 0) is 75.8 Å². The lowest BCUT2D eigenvalue weighted by atomic mass is 9.92. The molecular weight excluding hydrogens is 532 g/mol. The summed E-state index contributed by atoms with van der Waals surface area (Å²) >= 11 is 0. The molecule has 0 saturated carbocycles. The van der Waals surface area contributed by atoms with E-state index in [0.717, 1.165) is 11.4 Å². The van der Waals surface area contributed by atoms with Crippen LogP contribution in [0.25, 0.3) is 70.9 Å². The van der Waals surface area contributed by atoms with E-state index >= 15 is 0 Å². The van der Waals surface area contributed by atoms with Crippen LogP contribution in [-0.4, -0.2) is 4.57 Å². The minimum absolute atomic E-state index is 1.13. The predicted octanol–water partition coefficient (Wildman–Crippen LogP) is 11.7. The second kappa shape index (κ2) is 8.82. The fraction of sp³-hybridized carbons (Fsp3) is 0. The quantitative estimate of drug-likeness (QED) is 0.195. The first-order chi connectivity index (χ1) is 21.9. The fourth-order valence-electron chi connectivity index (χ4n) is 7.70. The van der Waals surface area contributed by atoms with E-state index < -0.39 is 0 Å². The Bertz CT molecular complexity index is 2540. The largest absolute Gasteiger partial charge is 0.310 e. The van der Waals surface area contributed by atoms with Crippen molar-refractivity contribution < 1.29 is 0 Å². The molecule has 0 atom stereocenters. The maximum Gasteiger partial charge on any atom is 0.0568 e. The van der Waals surface area contributed by atoms with Crippen molar-refractivity contribution >= 4 is 71.2 Å². The minimum Gasteiger partial charge on any atom is -0.310 e. The summed E-state index contributed by atoms with van der Waals surface area (Å²) < 4.78 is 2.48. The second-order valence-corrected chi connectivity index (χ2v) is 11.7. The number of para-hydroxylation sites is 3. The van der Waals surface area contributed by atoms with Gasteiger partial charge in [-0.2, -0.15) is 0 Å². The van der Waals surface area contributed by atoms with Crippen molar-refractivity contribution in [2.45, 2.75) is 0 Å². The minimum atomic E-state index is 1.13. The highest BCUT2D eigenvalue weighted by molar-refractivity contribution is 6.39. The second-order valence-electron chi connectivity index (χ2n) is 11.7. The summed E-state index contributed by atoms with van der Waals surface area (Å²) in [6.45, 7) is 0. The van der Waals surface area contributed by atoms with Crippen LogP contribution in [0.4, 0.5) is 17.1 Å². The van der Waals surface area contributed by atoms with Gasteiger partial charge in [0.25, 0.3) is 0 Å². The number of hydrogen-bond donors (Lipinski definition) is 0. The summed E-state index contributed by atoms with van der Waals surface area (Å²) in [4.78, 5) is 2.42. The SMILES string of the molecule is c1ccc(N(c2ccccc2)c2cc3c4c5c(cccc25)-c2cccc5ccc6ccc(c4c6c25)n3-c2ccccc2)cc1. The molecule has 0 unspecified atom stereocenters. The zero-order valence-electron chi connectivity index (χ0n) is 23.9. The third-order valence-electron chi connectivity index (χ3n) is 9.43. The molecule has 9 aromatic rings. The topological polar surface area (TPSA) is 8.17 Å². The van der Waals surface area contributed by atoms with Crippen molar-refractivity contribution in [3.63, 3.8) is 0 Å². The van der Waals surface area contributed by atoms with Crippen molar-refractivity contribution in [3.05, 3.63) is 158 Å². The Hall–Kier alpha value is -5.86. The van der Waals surface area contributed by atoms with E-state index in [-0.39, 0.29) is 0 Å². The molecule has 1 aliphatic rings. The van der Waals surface area contributed by atoms with Crippen LogP contribution in [0.15, 0.2) is 158 Å². The molecule has 0 saturated heterocycles. The van der Waals surface area contributed by atoms with Gasteiger partial charge in [-0.15, -0.1) is 0 Å². The Balaban J connectivity index is 1.49. The first kappa shape index (κ1) is 23.7. The monoisotopic (exact) mass is 558 g/mol. The summed E-state index contributed by atoms with van der Waals surface area (Å²) in [5.41, 5.74) is 9.65. The molecule has 1 heterocycles. The van der Waals surface area contributed by atoms with Gasteiger partial charge >= 0.3 is 0 Å². The van der Waals surface area contributed by atoms with Crippen molar-refractivity contribution in [2.75, 3.05) is 4.90 Å². The van der Waals surface area contributed by atoms with Gasteiger partial charge in [-0.1, -0.05) is 109 Å². The van der Waals surface area contributed by atoms with Crippen LogP contribution in [0.2, 0.25) is 0 Å². The van der Waals surface area contributed by atoms with Gasteiger partial charge in [-0.25, -0.2) is 0 Å². The van der Waals surface area contributed by atoms with E-state index in [1.807, 2.05) is 0 Å². The predicted molar refractivity (Wildman–Crippen MR) is 187 cm³/mol. The highest BCUT2D eigenvalue weighted by Gasteiger charge is 2.27. The molecule has 0 bridgehead atoms. The summed E-state index contributed by atoms with van der Waals surface area (Å²) in [6.07, 6.45) is 0. The van der Waals surface area contributed by atoms with Gasteiger partial charge in [0, 0.05) is 44.0 Å². The molecule has 0 N–H and O–H groups in total. The number of rotatable bonds is 4. The van der Waals surface area contributed by atoms with E-state index in [4.69, 9.17) is 0 Å². The lowest BCUT2D eigenvalue weighted by Crippen LogP contribution is -2.10. The third-order valence-corrected chi connectivity index (χ3v) is 9.43. The Morgan fingerprint density at radius 3 is 1.66 bits per heavy atom. The lowest BCUT2D eigenvalue weighted by Gasteiger charge is -2.28. The Labute approximate surface area is 254 Å². The molecule has 2 heteroatoms.